The average molecular weight is 283 g/mol. The van der Waals surface area contributed by atoms with E-state index in [-0.39, 0.29) is 17.7 Å². The summed E-state index contributed by atoms with van der Waals surface area (Å²) in [5.74, 6) is -0.146. The SMILES string of the molecule is O=C(NC1CCNC1)c1ccc(C(=O)c2cc[nH]c2)cc1. The average Bonchev–Trinajstić information content (AvgIpc) is 3.20. The molecule has 1 amide bonds. The van der Waals surface area contributed by atoms with Crippen LogP contribution >= 0.6 is 0 Å². The van der Waals surface area contributed by atoms with Crippen molar-refractivity contribution in [1.82, 2.24) is 15.6 Å². The van der Waals surface area contributed by atoms with Crippen LogP contribution in [0.1, 0.15) is 32.7 Å². The molecule has 1 aromatic heterocycles. The Kier molecular flexibility index (Phi) is 3.83. The number of carbonyl (C=O) groups excluding carboxylic acids is 2. The molecule has 3 N–H and O–H groups in total. The van der Waals surface area contributed by atoms with Crippen LogP contribution < -0.4 is 10.6 Å². The Balaban J connectivity index is 1.68. The van der Waals surface area contributed by atoms with Gasteiger partial charge < -0.3 is 15.6 Å². The lowest BCUT2D eigenvalue weighted by Gasteiger charge is -2.11. The highest BCUT2D eigenvalue weighted by molar-refractivity contribution is 6.09. The van der Waals surface area contributed by atoms with Crippen molar-refractivity contribution in [3.05, 3.63) is 59.4 Å². The lowest BCUT2D eigenvalue weighted by Crippen LogP contribution is -2.36. The zero-order chi connectivity index (χ0) is 14.7. The fourth-order valence-electron chi connectivity index (χ4n) is 2.45. The molecule has 3 rings (SSSR count). The third kappa shape index (κ3) is 3.03. The first kappa shape index (κ1) is 13.6. The van der Waals surface area contributed by atoms with Gasteiger partial charge in [0.05, 0.1) is 0 Å². The number of ketones is 1. The van der Waals surface area contributed by atoms with E-state index >= 15 is 0 Å². The van der Waals surface area contributed by atoms with Crippen molar-refractivity contribution < 1.29 is 9.59 Å². The predicted octanol–water partition coefficient (Wildman–Crippen LogP) is 1.34. The Morgan fingerprint density at radius 1 is 1.05 bits per heavy atom. The highest BCUT2D eigenvalue weighted by Crippen LogP contribution is 2.11. The molecule has 5 heteroatoms. The first-order valence-corrected chi connectivity index (χ1v) is 7.03. The molecule has 0 aliphatic carbocycles. The van der Waals surface area contributed by atoms with Crippen molar-refractivity contribution in [2.75, 3.05) is 13.1 Å². The molecule has 21 heavy (non-hydrogen) atoms. The molecular weight excluding hydrogens is 266 g/mol. The summed E-state index contributed by atoms with van der Waals surface area (Å²) in [4.78, 5) is 27.1. The Morgan fingerprint density at radius 3 is 2.43 bits per heavy atom. The highest BCUT2D eigenvalue weighted by Gasteiger charge is 2.17. The van der Waals surface area contributed by atoms with Gasteiger partial charge >= 0.3 is 0 Å². The summed E-state index contributed by atoms with van der Waals surface area (Å²) in [6.07, 6.45) is 4.33. The van der Waals surface area contributed by atoms with Crippen LogP contribution in [0.2, 0.25) is 0 Å². The van der Waals surface area contributed by atoms with Gasteiger partial charge in [0.25, 0.3) is 5.91 Å². The maximum absolute atomic E-state index is 12.1. The molecule has 1 aliphatic rings. The second-order valence-electron chi connectivity index (χ2n) is 5.17. The van der Waals surface area contributed by atoms with Crippen molar-refractivity contribution in [3.63, 3.8) is 0 Å². The molecule has 0 saturated carbocycles. The number of nitrogens with one attached hydrogen (secondary N) is 3. The fraction of sp³-hybridized carbons (Fsp3) is 0.250. The van der Waals surface area contributed by atoms with Gasteiger partial charge in [-0.05, 0) is 31.2 Å². The number of rotatable bonds is 4. The largest absolute Gasteiger partial charge is 0.367 e. The van der Waals surface area contributed by atoms with Gasteiger partial charge in [-0.15, -0.1) is 0 Å². The van der Waals surface area contributed by atoms with Gasteiger partial charge in [0.2, 0.25) is 0 Å². The van der Waals surface area contributed by atoms with E-state index in [9.17, 15) is 9.59 Å². The van der Waals surface area contributed by atoms with E-state index in [1.165, 1.54) is 0 Å². The van der Waals surface area contributed by atoms with Gasteiger partial charge in [-0.3, -0.25) is 9.59 Å². The van der Waals surface area contributed by atoms with E-state index in [2.05, 4.69) is 15.6 Å². The minimum Gasteiger partial charge on any atom is -0.367 e. The van der Waals surface area contributed by atoms with Gasteiger partial charge in [-0.25, -0.2) is 0 Å². The van der Waals surface area contributed by atoms with E-state index in [0.29, 0.717) is 16.7 Å². The van der Waals surface area contributed by atoms with Gasteiger partial charge in [0, 0.05) is 41.7 Å². The molecule has 2 heterocycles. The second kappa shape index (κ2) is 5.93. The van der Waals surface area contributed by atoms with Crippen LogP contribution in [-0.2, 0) is 0 Å². The van der Waals surface area contributed by atoms with E-state index in [0.717, 1.165) is 19.5 Å². The van der Waals surface area contributed by atoms with Crippen LogP contribution in [-0.4, -0.2) is 35.8 Å². The Labute approximate surface area is 122 Å². The molecule has 1 aliphatic heterocycles. The molecular formula is C16H17N3O2. The topological polar surface area (TPSA) is 74.0 Å². The van der Waals surface area contributed by atoms with Crippen molar-refractivity contribution in [3.8, 4) is 0 Å². The molecule has 1 atom stereocenters. The Bertz CT molecular complexity index is 626. The smallest absolute Gasteiger partial charge is 0.251 e. The zero-order valence-electron chi connectivity index (χ0n) is 11.6. The van der Waals surface area contributed by atoms with Gasteiger partial charge in [0.15, 0.2) is 5.78 Å². The van der Waals surface area contributed by atoms with Crippen molar-refractivity contribution in [2.24, 2.45) is 0 Å². The van der Waals surface area contributed by atoms with E-state index in [1.54, 1.807) is 42.7 Å². The molecule has 1 aromatic carbocycles. The van der Waals surface area contributed by atoms with Crippen LogP contribution in [0.4, 0.5) is 0 Å². The molecule has 2 aromatic rings. The lowest BCUT2D eigenvalue weighted by atomic mass is 10.0. The minimum absolute atomic E-state index is 0.0526. The van der Waals surface area contributed by atoms with Crippen molar-refractivity contribution in [1.29, 1.82) is 0 Å². The number of benzene rings is 1. The van der Waals surface area contributed by atoms with Crippen molar-refractivity contribution in [2.45, 2.75) is 12.5 Å². The third-order valence-electron chi connectivity index (χ3n) is 3.66. The van der Waals surface area contributed by atoms with Gasteiger partial charge in [-0.1, -0.05) is 12.1 Å². The molecule has 1 unspecified atom stereocenters. The quantitative estimate of drug-likeness (QED) is 0.741. The highest BCUT2D eigenvalue weighted by atomic mass is 16.1. The van der Waals surface area contributed by atoms with Crippen LogP contribution in [0.15, 0.2) is 42.7 Å². The van der Waals surface area contributed by atoms with Crippen LogP contribution in [0, 0.1) is 0 Å². The summed E-state index contributed by atoms with van der Waals surface area (Å²) in [6.45, 7) is 1.75. The molecule has 5 nitrogen and oxygen atoms in total. The number of hydrogen-bond acceptors (Lipinski definition) is 3. The second-order valence-corrected chi connectivity index (χ2v) is 5.17. The first-order chi connectivity index (χ1) is 10.2. The Hall–Kier alpha value is -2.40. The number of hydrogen-bond donors (Lipinski definition) is 3. The third-order valence-corrected chi connectivity index (χ3v) is 3.66. The number of amides is 1. The molecule has 1 fully saturated rings. The van der Waals surface area contributed by atoms with E-state index in [4.69, 9.17) is 0 Å². The van der Waals surface area contributed by atoms with Crippen LogP contribution in [0.5, 0.6) is 0 Å². The zero-order valence-corrected chi connectivity index (χ0v) is 11.6. The Morgan fingerprint density at radius 2 is 1.81 bits per heavy atom. The number of carbonyl (C=O) groups is 2. The van der Waals surface area contributed by atoms with Gasteiger partial charge in [-0.2, -0.15) is 0 Å². The van der Waals surface area contributed by atoms with Crippen molar-refractivity contribution >= 4 is 11.7 Å². The first-order valence-electron chi connectivity index (χ1n) is 7.03. The fourth-order valence-corrected chi connectivity index (χ4v) is 2.45. The standard InChI is InChI=1S/C16H17N3O2/c20-15(13-5-7-17-9-13)11-1-3-12(4-2-11)16(21)19-14-6-8-18-10-14/h1-5,7,9,14,17-18H,6,8,10H2,(H,19,21). The number of aromatic nitrogens is 1. The normalized spacial score (nSPS) is 17.6. The summed E-state index contributed by atoms with van der Waals surface area (Å²) < 4.78 is 0. The molecule has 0 spiro atoms. The summed E-state index contributed by atoms with van der Waals surface area (Å²) in [7, 11) is 0. The molecule has 0 bridgehead atoms. The molecule has 0 radical (unpaired) electrons. The minimum atomic E-state index is -0.0932. The predicted molar refractivity (Wildman–Crippen MR) is 79.4 cm³/mol. The van der Waals surface area contributed by atoms with E-state index < -0.39 is 0 Å². The number of aromatic amines is 1. The molecule has 1 saturated heterocycles. The van der Waals surface area contributed by atoms with Crippen LogP contribution in [0.25, 0.3) is 0 Å². The van der Waals surface area contributed by atoms with Crippen LogP contribution in [0.3, 0.4) is 0 Å². The molecule has 108 valence electrons. The lowest BCUT2D eigenvalue weighted by molar-refractivity contribution is 0.0938. The van der Waals surface area contributed by atoms with E-state index in [1.807, 2.05) is 0 Å². The maximum atomic E-state index is 12.1. The summed E-state index contributed by atoms with van der Waals surface area (Å²) >= 11 is 0. The summed E-state index contributed by atoms with van der Waals surface area (Å²) in [6, 6.07) is 8.69. The summed E-state index contributed by atoms with van der Waals surface area (Å²) in [5.41, 5.74) is 1.77. The maximum Gasteiger partial charge on any atom is 0.251 e. The number of H-pyrrole nitrogens is 1. The van der Waals surface area contributed by atoms with Gasteiger partial charge in [0.1, 0.15) is 0 Å². The summed E-state index contributed by atoms with van der Waals surface area (Å²) in [5, 5.41) is 6.19. The monoisotopic (exact) mass is 283 g/mol.